The van der Waals surface area contributed by atoms with Crippen molar-refractivity contribution in [3.63, 3.8) is 0 Å². The van der Waals surface area contributed by atoms with E-state index in [2.05, 4.69) is 0 Å². The molecule has 1 aromatic rings. The minimum atomic E-state index is -0.943. The Kier molecular flexibility index (Phi) is 4.16. The van der Waals surface area contributed by atoms with Crippen LogP contribution < -0.4 is 0 Å². The van der Waals surface area contributed by atoms with Gasteiger partial charge in [0, 0.05) is 6.54 Å². The molecule has 0 saturated carbocycles. The van der Waals surface area contributed by atoms with Gasteiger partial charge < -0.3 is 10.2 Å². The molecule has 0 aliphatic carbocycles. The van der Waals surface area contributed by atoms with Gasteiger partial charge in [0.25, 0.3) is 0 Å². The number of hydrogen-bond acceptors (Lipinski definition) is 3. The van der Waals surface area contributed by atoms with Gasteiger partial charge in [0.1, 0.15) is 12.1 Å². The third-order valence-electron chi connectivity index (χ3n) is 3.53. The van der Waals surface area contributed by atoms with E-state index in [1.54, 1.807) is 4.90 Å². The number of benzene rings is 1. The summed E-state index contributed by atoms with van der Waals surface area (Å²) in [5, 5.41) is 18.5. The fourth-order valence-corrected chi connectivity index (χ4v) is 2.60. The van der Waals surface area contributed by atoms with E-state index < -0.39 is 24.0 Å². The van der Waals surface area contributed by atoms with Crippen LogP contribution in [0.3, 0.4) is 0 Å². The minimum Gasteiger partial charge on any atom is -0.480 e. The average molecular weight is 263 g/mol. The molecular weight excluding hydrogens is 246 g/mol. The second-order valence-corrected chi connectivity index (χ2v) is 4.80. The summed E-state index contributed by atoms with van der Waals surface area (Å²) in [4.78, 5) is 24.2. The monoisotopic (exact) mass is 263 g/mol. The number of nitrogens with zero attached hydrogens (tertiary/aromatic N) is 1. The van der Waals surface area contributed by atoms with Crippen molar-refractivity contribution in [1.29, 1.82) is 0 Å². The molecular formula is C14H17NO4. The number of rotatable bonds is 4. The van der Waals surface area contributed by atoms with Crippen LogP contribution in [0.15, 0.2) is 30.3 Å². The molecule has 1 fully saturated rings. The summed E-state index contributed by atoms with van der Waals surface area (Å²) in [6.45, 7) is 0.356. The Balaban J connectivity index is 2.22. The largest absolute Gasteiger partial charge is 0.480 e. The first-order valence-corrected chi connectivity index (χ1v) is 6.35. The fraction of sp³-hybridized carbons (Fsp3) is 0.429. The molecule has 102 valence electrons. The lowest BCUT2D eigenvalue weighted by Crippen LogP contribution is -2.52. The van der Waals surface area contributed by atoms with Crippen LogP contribution in [0.4, 0.5) is 0 Å². The van der Waals surface area contributed by atoms with Crippen LogP contribution in [-0.4, -0.2) is 39.1 Å². The zero-order chi connectivity index (χ0) is 13.8. The quantitative estimate of drug-likeness (QED) is 0.862. The van der Waals surface area contributed by atoms with Crippen molar-refractivity contribution in [2.45, 2.75) is 37.9 Å². The Morgan fingerprint density at radius 2 is 1.58 bits per heavy atom. The van der Waals surface area contributed by atoms with Crippen LogP contribution >= 0.6 is 0 Å². The zero-order valence-corrected chi connectivity index (χ0v) is 10.5. The third-order valence-corrected chi connectivity index (χ3v) is 3.53. The van der Waals surface area contributed by atoms with Gasteiger partial charge in [0.2, 0.25) is 0 Å². The second kappa shape index (κ2) is 5.84. The highest BCUT2D eigenvalue weighted by Gasteiger charge is 2.38. The maximum atomic E-state index is 11.3. The van der Waals surface area contributed by atoms with E-state index in [4.69, 9.17) is 0 Å². The Labute approximate surface area is 111 Å². The normalized spacial score (nSPS) is 24.0. The highest BCUT2D eigenvalue weighted by Crippen LogP contribution is 2.25. The molecule has 0 amide bonds. The first kappa shape index (κ1) is 13.5. The van der Waals surface area contributed by atoms with Gasteiger partial charge in [-0.2, -0.15) is 0 Å². The number of carboxylic acid groups (broad SMARTS) is 2. The molecule has 1 aliphatic heterocycles. The highest BCUT2D eigenvalue weighted by atomic mass is 16.4. The van der Waals surface area contributed by atoms with Gasteiger partial charge in [-0.3, -0.25) is 14.5 Å². The SMILES string of the molecule is O=C(O)[C@H]1CCC[C@@H](C(=O)O)N1Cc1ccccc1. The number of likely N-dealkylation sites (tertiary alicyclic amines) is 1. The molecule has 2 N–H and O–H groups in total. The van der Waals surface area contributed by atoms with Gasteiger partial charge in [-0.15, -0.1) is 0 Å². The van der Waals surface area contributed by atoms with E-state index in [0.717, 1.165) is 5.56 Å². The van der Waals surface area contributed by atoms with Crippen molar-refractivity contribution < 1.29 is 19.8 Å². The number of piperidine rings is 1. The predicted molar refractivity (Wildman–Crippen MR) is 68.7 cm³/mol. The summed E-state index contributed by atoms with van der Waals surface area (Å²) >= 11 is 0. The Morgan fingerprint density at radius 1 is 1.05 bits per heavy atom. The molecule has 19 heavy (non-hydrogen) atoms. The van der Waals surface area contributed by atoms with Gasteiger partial charge in [-0.25, -0.2) is 0 Å². The number of carbonyl (C=O) groups is 2. The highest BCUT2D eigenvalue weighted by molar-refractivity contribution is 5.78. The minimum absolute atomic E-state index is 0.356. The Hall–Kier alpha value is -1.88. The van der Waals surface area contributed by atoms with E-state index in [9.17, 15) is 19.8 Å². The molecule has 0 bridgehead atoms. The van der Waals surface area contributed by atoms with Crippen molar-refractivity contribution in [3.05, 3.63) is 35.9 Å². The van der Waals surface area contributed by atoms with E-state index in [-0.39, 0.29) is 0 Å². The van der Waals surface area contributed by atoms with Gasteiger partial charge in [-0.1, -0.05) is 30.3 Å². The lowest BCUT2D eigenvalue weighted by Gasteiger charge is -2.37. The first-order valence-electron chi connectivity index (χ1n) is 6.35. The van der Waals surface area contributed by atoms with Crippen LogP contribution in [0.5, 0.6) is 0 Å². The van der Waals surface area contributed by atoms with Gasteiger partial charge in [0.15, 0.2) is 0 Å². The molecule has 5 heteroatoms. The Morgan fingerprint density at radius 3 is 2.05 bits per heavy atom. The van der Waals surface area contributed by atoms with Gasteiger partial charge in [0.05, 0.1) is 0 Å². The zero-order valence-electron chi connectivity index (χ0n) is 10.5. The Bertz CT molecular complexity index is 438. The van der Waals surface area contributed by atoms with E-state index in [1.165, 1.54) is 0 Å². The van der Waals surface area contributed by atoms with E-state index in [0.29, 0.717) is 25.8 Å². The molecule has 0 aromatic heterocycles. The van der Waals surface area contributed by atoms with E-state index >= 15 is 0 Å². The van der Waals surface area contributed by atoms with Crippen molar-refractivity contribution in [2.24, 2.45) is 0 Å². The smallest absolute Gasteiger partial charge is 0.320 e. The van der Waals surface area contributed by atoms with E-state index in [1.807, 2.05) is 30.3 Å². The summed E-state index contributed by atoms with van der Waals surface area (Å²) in [6, 6.07) is 7.95. The van der Waals surface area contributed by atoms with Crippen LogP contribution in [0, 0.1) is 0 Å². The number of aliphatic carboxylic acids is 2. The summed E-state index contributed by atoms with van der Waals surface area (Å²) in [5.41, 5.74) is 0.932. The molecule has 1 aliphatic rings. The summed E-state index contributed by atoms with van der Waals surface area (Å²) in [7, 11) is 0. The number of carboxylic acids is 2. The molecule has 5 nitrogen and oxygen atoms in total. The number of hydrogen-bond donors (Lipinski definition) is 2. The molecule has 1 aromatic carbocycles. The lowest BCUT2D eigenvalue weighted by molar-refractivity contribution is -0.154. The van der Waals surface area contributed by atoms with Crippen molar-refractivity contribution in [2.75, 3.05) is 0 Å². The average Bonchev–Trinajstić information content (AvgIpc) is 2.39. The molecule has 1 saturated heterocycles. The lowest BCUT2D eigenvalue weighted by atomic mass is 9.94. The topological polar surface area (TPSA) is 77.8 Å². The van der Waals surface area contributed by atoms with Crippen molar-refractivity contribution in [3.8, 4) is 0 Å². The molecule has 0 unspecified atom stereocenters. The third kappa shape index (κ3) is 3.12. The second-order valence-electron chi connectivity index (χ2n) is 4.80. The van der Waals surface area contributed by atoms with Crippen LogP contribution in [-0.2, 0) is 16.1 Å². The molecule has 2 rings (SSSR count). The summed E-state index contributed by atoms with van der Waals surface area (Å²) in [5.74, 6) is -1.89. The molecule has 2 atom stereocenters. The molecule has 0 spiro atoms. The van der Waals surface area contributed by atoms with Crippen LogP contribution in [0.25, 0.3) is 0 Å². The van der Waals surface area contributed by atoms with Gasteiger partial charge in [-0.05, 0) is 24.8 Å². The standard InChI is InChI=1S/C14H17NO4/c16-13(17)11-7-4-8-12(14(18)19)15(11)9-10-5-2-1-3-6-10/h1-3,5-6,11-12H,4,7-9H2,(H,16,17)(H,18,19)/t11-,12+. The molecule has 0 radical (unpaired) electrons. The predicted octanol–water partition coefficient (Wildman–Crippen LogP) is 1.58. The summed E-state index contributed by atoms with van der Waals surface area (Å²) in [6.07, 6.45) is 1.65. The maximum Gasteiger partial charge on any atom is 0.320 e. The maximum absolute atomic E-state index is 11.3. The van der Waals surface area contributed by atoms with Crippen molar-refractivity contribution in [1.82, 2.24) is 4.90 Å². The van der Waals surface area contributed by atoms with Gasteiger partial charge >= 0.3 is 11.9 Å². The fourth-order valence-electron chi connectivity index (χ4n) is 2.60. The molecule has 1 heterocycles. The van der Waals surface area contributed by atoms with Crippen LogP contribution in [0.2, 0.25) is 0 Å². The van der Waals surface area contributed by atoms with Crippen LogP contribution in [0.1, 0.15) is 24.8 Å². The first-order chi connectivity index (χ1) is 9.09. The van der Waals surface area contributed by atoms with Crippen molar-refractivity contribution >= 4 is 11.9 Å². The summed E-state index contributed by atoms with van der Waals surface area (Å²) < 4.78 is 0.